The number of nitriles is 1. The van der Waals surface area contributed by atoms with Gasteiger partial charge in [0.2, 0.25) is 10.0 Å². The van der Waals surface area contributed by atoms with Crippen LogP contribution in [0.2, 0.25) is 0 Å². The van der Waals surface area contributed by atoms with Crippen LogP contribution in [0.4, 0.5) is 0 Å². The molecule has 98 valence electrons. The van der Waals surface area contributed by atoms with Gasteiger partial charge in [-0.15, -0.1) is 12.4 Å². The first-order valence-corrected chi connectivity index (χ1v) is 6.83. The van der Waals surface area contributed by atoms with E-state index >= 15 is 0 Å². The highest BCUT2D eigenvalue weighted by molar-refractivity contribution is 7.89. The second-order valence-corrected chi connectivity index (χ2v) is 5.66. The van der Waals surface area contributed by atoms with Crippen LogP contribution in [0, 0.1) is 11.3 Å². The molecule has 0 saturated carbocycles. The summed E-state index contributed by atoms with van der Waals surface area (Å²) in [5.74, 6) is 0. The maximum atomic E-state index is 12.0. The van der Waals surface area contributed by atoms with Crippen LogP contribution in [-0.2, 0) is 10.0 Å². The van der Waals surface area contributed by atoms with E-state index in [-0.39, 0.29) is 23.3 Å². The maximum Gasteiger partial charge on any atom is 0.240 e. The summed E-state index contributed by atoms with van der Waals surface area (Å²) in [5.41, 5.74) is 0.345. The molecule has 1 aromatic carbocycles. The average molecular weight is 288 g/mol. The van der Waals surface area contributed by atoms with Crippen LogP contribution in [0.25, 0.3) is 0 Å². The van der Waals surface area contributed by atoms with Gasteiger partial charge in [0.25, 0.3) is 0 Å². The zero-order valence-corrected chi connectivity index (χ0v) is 11.2. The van der Waals surface area contributed by atoms with E-state index in [2.05, 4.69) is 10.0 Å². The average Bonchev–Trinajstić information content (AvgIpc) is 2.81. The van der Waals surface area contributed by atoms with Gasteiger partial charge in [-0.1, -0.05) is 6.07 Å². The highest BCUT2D eigenvalue weighted by Gasteiger charge is 2.22. The smallest absolute Gasteiger partial charge is 0.240 e. The van der Waals surface area contributed by atoms with Crippen LogP contribution in [0.15, 0.2) is 29.2 Å². The molecule has 0 radical (unpaired) electrons. The number of hydrogen-bond acceptors (Lipinski definition) is 4. The Morgan fingerprint density at radius 2 is 2.22 bits per heavy atom. The standard InChI is InChI=1S/C11H13N3O2S.ClH/c12-7-9-2-1-3-11(6-9)17(15,16)14-10-4-5-13-8-10;/h1-3,6,10,13-14H,4-5,8H2;1H. The summed E-state index contributed by atoms with van der Waals surface area (Å²) < 4.78 is 26.6. The largest absolute Gasteiger partial charge is 0.315 e. The lowest BCUT2D eigenvalue weighted by Gasteiger charge is -2.11. The Bertz CT molecular complexity index is 548. The second kappa shape index (κ2) is 6.16. The van der Waals surface area contributed by atoms with Gasteiger partial charge in [-0.05, 0) is 31.2 Å². The van der Waals surface area contributed by atoms with Crippen molar-refractivity contribution in [3.63, 3.8) is 0 Å². The van der Waals surface area contributed by atoms with Crippen LogP contribution in [0.1, 0.15) is 12.0 Å². The van der Waals surface area contributed by atoms with E-state index in [0.29, 0.717) is 12.1 Å². The molecule has 0 spiro atoms. The third kappa shape index (κ3) is 3.43. The molecule has 1 aliphatic rings. The van der Waals surface area contributed by atoms with Crippen LogP contribution in [-0.4, -0.2) is 27.5 Å². The number of nitrogens with zero attached hydrogens (tertiary/aromatic N) is 1. The molecule has 0 aromatic heterocycles. The van der Waals surface area contributed by atoms with Crippen molar-refractivity contribution < 1.29 is 8.42 Å². The first kappa shape index (κ1) is 14.9. The lowest BCUT2D eigenvalue weighted by Crippen LogP contribution is -2.36. The molecule has 2 rings (SSSR count). The zero-order chi connectivity index (χ0) is 12.3. The molecule has 5 nitrogen and oxygen atoms in total. The van der Waals surface area contributed by atoms with Crippen molar-refractivity contribution in [1.29, 1.82) is 5.26 Å². The van der Waals surface area contributed by atoms with Gasteiger partial charge >= 0.3 is 0 Å². The van der Waals surface area contributed by atoms with E-state index in [1.54, 1.807) is 12.1 Å². The maximum absolute atomic E-state index is 12.0. The van der Waals surface area contributed by atoms with Gasteiger partial charge in [0, 0.05) is 12.6 Å². The molecule has 1 aliphatic heterocycles. The number of hydrogen-bond donors (Lipinski definition) is 2. The van der Waals surface area contributed by atoms with Gasteiger partial charge in [0.1, 0.15) is 0 Å². The summed E-state index contributed by atoms with van der Waals surface area (Å²) in [6.45, 7) is 1.47. The molecule has 1 aromatic rings. The van der Waals surface area contributed by atoms with Gasteiger partial charge in [-0.2, -0.15) is 5.26 Å². The predicted octanol–water partition coefficient (Wildman–Crippen LogP) is 0.620. The minimum absolute atomic E-state index is 0. The van der Waals surface area contributed by atoms with Gasteiger partial charge in [0.15, 0.2) is 0 Å². The van der Waals surface area contributed by atoms with Crippen molar-refractivity contribution in [3.05, 3.63) is 29.8 Å². The number of rotatable bonds is 3. The number of halogens is 1. The lowest BCUT2D eigenvalue weighted by molar-refractivity contribution is 0.560. The number of nitrogens with one attached hydrogen (secondary N) is 2. The Morgan fingerprint density at radius 3 is 2.83 bits per heavy atom. The Labute approximate surface area is 113 Å². The fourth-order valence-corrected chi connectivity index (χ4v) is 3.09. The van der Waals surface area contributed by atoms with Crippen molar-refractivity contribution in [1.82, 2.24) is 10.0 Å². The highest BCUT2D eigenvalue weighted by atomic mass is 35.5. The van der Waals surface area contributed by atoms with E-state index in [1.165, 1.54) is 12.1 Å². The molecule has 1 saturated heterocycles. The van der Waals surface area contributed by atoms with Crippen LogP contribution in [0.3, 0.4) is 0 Å². The van der Waals surface area contributed by atoms with Crippen molar-refractivity contribution in [2.24, 2.45) is 0 Å². The van der Waals surface area contributed by atoms with Crippen molar-refractivity contribution in [3.8, 4) is 6.07 Å². The first-order chi connectivity index (χ1) is 8.12. The summed E-state index contributed by atoms with van der Waals surface area (Å²) in [5, 5.41) is 11.8. The molecule has 0 bridgehead atoms. The minimum atomic E-state index is -3.52. The molecular formula is C11H14ClN3O2S. The molecule has 1 atom stereocenters. The van der Waals surface area contributed by atoms with E-state index in [4.69, 9.17) is 5.26 Å². The fourth-order valence-electron chi connectivity index (χ4n) is 1.78. The van der Waals surface area contributed by atoms with Crippen LogP contribution < -0.4 is 10.0 Å². The van der Waals surface area contributed by atoms with E-state index in [1.807, 2.05) is 6.07 Å². The third-order valence-corrected chi connectivity index (χ3v) is 4.17. The molecule has 2 N–H and O–H groups in total. The van der Waals surface area contributed by atoms with Crippen LogP contribution >= 0.6 is 12.4 Å². The molecule has 0 aliphatic carbocycles. The van der Waals surface area contributed by atoms with E-state index in [0.717, 1.165) is 13.0 Å². The second-order valence-electron chi connectivity index (χ2n) is 3.95. The van der Waals surface area contributed by atoms with Crippen molar-refractivity contribution in [2.45, 2.75) is 17.4 Å². The molecule has 1 heterocycles. The van der Waals surface area contributed by atoms with Crippen molar-refractivity contribution >= 4 is 22.4 Å². The Balaban J connectivity index is 0.00000162. The fraction of sp³-hybridized carbons (Fsp3) is 0.364. The first-order valence-electron chi connectivity index (χ1n) is 5.35. The molecule has 7 heteroatoms. The molecule has 1 fully saturated rings. The molecule has 1 unspecified atom stereocenters. The normalized spacial score (nSPS) is 18.9. The monoisotopic (exact) mass is 287 g/mol. The predicted molar refractivity (Wildman–Crippen MR) is 70.0 cm³/mol. The number of sulfonamides is 1. The summed E-state index contributed by atoms with van der Waals surface area (Å²) in [4.78, 5) is 0.142. The quantitative estimate of drug-likeness (QED) is 0.854. The summed E-state index contributed by atoms with van der Waals surface area (Å²) in [7, 11) is -3.52. The summed E-state index contributed by atoms with van der Waals surface area (Å²) in [6, 6.07) is 7.88. The molecule has 0 amide bonds. The zero-order valence-electron chi connectivity index (χ0n) is 9.59. The Morgan fingerprint density at radius 1 is 1.44 bits per heavy atom. The lowest BCUT2D eigenvalue weighted by atomic mass is 10.2. The molecule has 18 heavy (non-hydrogen) atoms. The van der Waals surface area contributed by atoms with Gasteiger partial charge in [0.05, 0.1) is 16.5 Å². The van der Waals surface area contributed by atoms with Gasteiger partial charge < -0.3 is 5.32 Å². The Kier molecular flexibility index (Phi) is 5.11. The summed E-state index contributed by atoms with van der Waals surface area (Å²) >= 11 is 0. The molecular weight excluding hydrogens is 274 g/mol. The van der Waals surface area contributed by atoms with E-state index < -0.39 is 10.0 Å². The van der Waals surface area contributed by atoms with Gasteiger partial charge in [-0.3, -0.25) is 0 Å². The highest BCUT2D eigenvalue weighted by Crippen LogP contribution is 2.12. The SMILES string of the molecule is Cl.N#Cc1cccc(S(=O)(=O)NC2CCNC2)c1. The summed E-state index contributed by atoms with van der Waals surface area (Å²) in [6.07, 6.45) is 0.789. The topological polar surface area (TPSA) is 82.0 Å². The van der Waals surface area contributed by atoms with Crippen molar-refractivity contribution in [2.75, 3.05) is 13.1 Å². The van der Waals surface area contributed by atoms with E-state index in [9.17, 15) is 8.42 Å². The Hall–Kier alpha value is -1.13. The van der Waals surface area contributed by atoms with Gasteiger partial charge in [-0.25, -0.2) is 13.1 Å². The third-order valence-electron chi connectivity index (χ3n) is 2.66. The number of benzene rings is 1. The van der Waals surface area contributed by atoms with Crippen LogP contribution in [0.5, 0.6) is 0 Å². The minimum Gasteiger partial charge on any atom is -0.315 e.